The second-order valence-electron chi connectivity index (χ2n) is 4.77. The molecule has 0 atom stereocenters. The van der Waals surface area contributed by atoms with Crippen molar-refractivity contribution in [2.45, 2.75) is 13.5 Å². The van der Waals surface area contributed by atoms with Crippen molar-refractivity contribution in [2.24, 2.45) is 0 Å². The highest BCUT2D eigenvalue weighted by Gasteiger charge is 2.14. The number of carbonyl (C=O) groups is 1. The minimum Gasteiger partial charge on any atom is -0.380 e. The van der Waals surface area contributed by atoms with Crippen LogP contribution in [0.2, 0.25) is 0 Å². The van der Waals surface area contributed by atoms with Crippen molar-refractivity contribution < 1.29 is 4.79 Å². The van der Waals surface area contributed by atoms with Crippen molar-refractivity contribution in [3.05, 3.63) is 40.6 Å². The smallest absolute Gasteiger partial charge is 0.285 e. The number of hydrogen-bond donors (Lipinski definition) is 2. The molecule has 0 aromatic carbocycles. The second-order valence-corrected chi connectivity index (χ2v) is 5.82. The summed E-state index contributed by atoms with van der Waals surface area (Å²) < 4.78 is 1.73. The predicted octanol–water partition coefficient (Wildman–Crippen LogP) is 1.24. The van der Waals surface area contributed by atoms with Gasteiger partial charge in [0.15, 0.2) is 0 Å². The number of carbonyl (C=O) groups excluding carboxylic acids is 1. The third-order valence-corrected chi connectivity index (χ3v) is 4.32. The number of hydrogen-bond acceptors (Lipinski definition) is 7. The maximum Gasteiger partial charge on any atom is 0.285 e. The third kappa shape index (κ3) is 3.04. The molecular formula is C14H14N6O2S. The predicted molar refractivity (Wildman–Crippen MR) is 88.8 cm³/mol. The summed E-state index contributed by atoms with van der Waals surface area (Å²) in [6.07, 6.45) is 3.04. The van der Waals surface area contributed by atoms with Gasteiger partial charge < -0.3 is 5.32 Å². The van der Waals surface area contributed by atoms with E-state index in [1.54, 1.807) is 13.1 Å². The van der Waals surface area contributed by atoms with Crippen molar-refractivity contribution in [1.29, 1.82) is 0 Å². The summed E-state index contributed by atoms with van der Waals surface area (Å²) in [5.74, 6) is -0.216. The lowest BCUT2D eigenvalue weighted by molar-refractivity contribution is -0.117. The first kappa shape index (κ1) is 15.1. The Morgan fingerprint density at radius 3 is 2.78 bits per heavy atom. The van der Waals surface area contributed by atoms with Gasteiger partial charge in [0.1, 0.15) is 11.2 Å². The number of nitrogens with zero attached hydrogens (tertiary/aromatic N) is 4. The Kier molecular flexibility index (Phi) is 4.02. The maximum atomic E-state index is 12.5. The molecule has 2 N–H and O–H groups in total. The van der Waals surface area contributed by atoms with Gasteiger partial charge in [0.25, 0.3) is 5.56 Å². The van der Waals surface area contributed by atoms with Crippen molar-refractivity contribution in [3.63, 3.8) is 0 Å². The number of aryl methyl sites for hydroxylation is 1. The summed E-state index contributed by atoms with van der Waals surface area (Å²) in [6, 6.07) is 3.53. The zero-order valence-corrected chi connectivity index (χ0v) is 13.3. The normalized spacial score (nSPS) is 10.7. The van der Waals surface area contributed by atoms with E-state index in [-0.39, 0.29) is 18.1 Å². The van der Waals surface area contributed by atoms with Crippen LogP contribution in [0.4, 0.5) is 10.9 Å². The van der Waals surface area contributed by atoms with Crippen LogP contribution in [0, 0.1) is 6.92 Å². The molecule has 0 aliphatic carbocycles. The molecule has 118 valence electrons. The molecule has 0 aliphatic heterocycles. The first-order valence-electron chi connectivity index (χ1n) is 6.84. The van der Waals surface area contributed by atoms with Crippen LogP contribution in [-0.2, 0) is 11.3 Å². The Bertz CT molecular complexity index is 918. The van der Waals surface area contributed by atoms with Gasteiger partial charge >= 0.3 is 0 Å². The molecule has 1 amide bonds. The van der Waals surface area contributed by atoms with E-state index in [0.29, 0.717) is 10.4 Å². The lowest BCUT2D eigenvalue weighted by Gasteiger charge is -2.06. The van der Waals surface area contributed by atoms with Crippen LogP contribution < -0.4 is 16.2 Å². The largest absolute Gasteiger partial charge is 0.380 e. The van der Waals surface area contributed by atoms with E-state index >= 15 is 0 Å². The maximum absolute atomic E-state index is 12.5. The average Bonchev–Trinajstić information content (AvgIpc) is 2.98. The van der Waals surface area contributed by atoms with E-state index in [1.807, 2.05) is 13.0 Å². The summed E-state index contributed by atoms with van der Waals surface area (Å²) >= 11 is 1.34. The standard InChI is InChI=1S/C14H14N6O2S/c1-8-9-6-11(15-2)23-12(9)13(22)20(19-8)7-10(21)18-14-16-4-3-5-17-14/h3-6,15H,7H2,1-2H3,(H,16,17,18,21). The van der Waals surface area contributed by atoms with Crippen molar-refractivity contribution in [2.75, 3.05) is 17.7 Å². The van der Waals surface area contributed by atoms with Crippen LogP contribution in [0.3, 0.4) is 0 Å². The fraction of sp³-hybridized carbons (Fsp3) is 0.214. The molecule has 0 radical (unpaired) electrons. The Balaban J connectivity index is 1.89. The fourth-order valence-corrected chi connectivity index (χ4v) is 3.12. The third-order valence-electron chi connectivity index (χ3n) is 3.18. The van der Waals surface area contributed by atoms with Crippen molar-refractivity contribution >= 4 is 38.3 Å². The van der Waals surface area contributed by atoms with Gasteiger partial charge in [0, 0.05) is 24.8 Å². The number of thiophene rings is 1. The molecule has 9 heteroatoms. The SMILES string of the molecule is CNc1cc2c(C)nn(CC(=O)Nc3ncccn3)c(=O)c2s1. The number of rotatable bonds is 4. The summed E-state index contributed by atoms with van der Waals surface area (Å²) in [6.45, 7) is 1.61. The van der Waals surface area contributed by atoms with Crippen LogP contribution >= 0.6 is 11.3 Å². The highest BCUT2D eigenvalue weighted by molar-refractivity contribution is 7.22. The van der Waals surface area contributed by atoms with Crippen molar-refractivity contribution in [1.82, 2.24) is 19.7 Å². The van der Waals surface area contributed by atoms with E-state index in [1.165, 1.54) is 23.7 Å². The summed E-state index contributed by atoms with van der Waals surface area (Å²) in [5, 5.41) is 11.4. The molecule has 0 spiro atoms. The Hall–Kier alpha value is -2.81. The van der Waals surface area contributed by atoms with Gasteiger partial charge in [-0.25, -0.2) is 14.6 Å². The van der Waals surface area contributed by atoms with Crippen LogP contribution in [0.25, 0.3) is 10.1 Å². The van der Waals surface area contributed by atoms with Gasteiger partial charge in [-0.2, -0.15) is 5.10 Å². The van der Waals surface area contributed by atoms with Gasteiger partial charge in [-0.1, -0.05) is 0 Å². The monoisotopic (exact) mass is 330 g/mol. The zero-order chi connectivity index (χ0) is 16.4. The topological polar surface area (TPSA) is 102 Å². The second kappa shape index (κ2) is 6.13. The quantitative estimate of drug-likeness (QED) is 0.746. The minimum absolute atomic E-state index is 0.192. The number of fused-ring (bicyclic) bond motifs is 1. The van der Waals surface area contributed by atoms with Gasteiger partial charge in [-0.15, -0.1) is 11.3 Å². The van der Waals surface area contributed by atoms with E-state index in [9.17, 15) is 9.59 Å². The summed E-state index contributed by atoms with van der Waals surface area (Å²) in [7, 11) is 1.79. The molecule has 3 rings (SSSR count). The molecular weight excluding hydrogens is 316 g/mol. The molecule has 0 saturated carbocycles. The van der Waals surface area contributed by atoms with Gasteiger partial charge in [0.2, 0.25) is 11.9 Å². The fourth-order valence-electron chi connectivity index (χ4n) is 2.11. The van der Waals surface area contributed by atoms with Gasteiger partial charge in [0.05, 0.1) is 10.7 Å². The molecule has 0 bridgehead atoms. The van der Waals surface area contributed by atoms with Gasteiger partial charge in [-0.05, 0) is 19.1 Å². The minimum atomic E-state index is -0.407. The van der Waals surface area contributed by atoms with Crippen molar-refractivity contribution in [3.8, 4) is 0 Å². The van der Waals surface area contributed by atoms with E-state index in [0.717, 1.165) is 15.1 Å². The van der Waals surface area contributed by atoms with Gasteiger partial charge in [-0.3, -0.25) is 14.9 Å². The molecule has 3 aromatic heterocycles. The summed E-state index contributed by atoms with van der Waals surface area (Å²) in [4.78, 5) is 32.3. The Morgan fingerprint density at radius 2 is 2.09 bits per heavy atom. The molecule has 3 heterocycles. The van der Waals surface area contributed by atoms with Crippen LogP contribution in [0.5, 0.6) is 0 Å². The zero-order valence-electron chi connectivity index (χ0n) is 12.5. The molecule has 23 heavy (non-hydrogen) atoms. The lowest BCUT2D eigenvalue weighted by Crippen LogP contribution is -2.30. The molecule has 0 unspecified atom stereocenters. The molecule has 8 nitrogen and oxygen atoms in total. The molecule has 0 aliphatic rings. The Labute approximate surface area is 135 Å². The van der Waals surface area contributed by atoms with Crippen LogP contribution in [-0.4, -0.2) is 32.7 Å². The van der Waals surface area contributed by atoms with E-state index in [4.69, 9.17) is 0 Å². The van der Waals surface area contributed by atoms with E-state index < -0.39 is 5.91 Å². The summed E-state index contributed by atoms with van der Waals surface area (Å²) in [5.41, 5.74) is 0.405. The lowest BCUT2D eigenvalue weighted by atomic mass is 10.3. The highest BCUT2D eigenvalue weighted by atomic mass is 32.1. The van der Waals surface area contributed by atoms with E-state index in [2.05, 4.69) is 25.7 Å². The number of anilines is 2. The Morgan fingerprint density at radius 1 is 1.35 bits per heavy atom. The average molecular weight is 330 g/mol. The number of nitrogens with one attached hydrogen (secondary N) is 2. The first-order valence-corrected chi connectivity index (χ1v) is 7.66. The number of aromatic nitrogens is 4. The van der Waals surface area contributed by atoms with Crippen LogP contribution in [0.15, 0.2) is 29.3 Å². The number of amides is 1. The first-order chi connectivity index (χ1) is 11.1. The molecule has 0 fully saturated rings. The highest BCUT2D eigenvalue weighted by Crippen LogP contribution is 2.27. The molecule has 3 aromatic rings. The molecule has 0 saturated heterocycles. The van der Waals surface area contributed by atoms with Crippen LogP contribution in [0.1, 0.15) is 5.69 Å².